The molecule has 0 aliphatic carbocycles. The standard InChI is InChI=1S/C22H21N5O2S/c1-14-4-7-21(25-24-14)26-9-8-17-12-18(5-6-20(17)26)27(13-22(28)29)30-19-10-15(2)23-16(3)11-19/h4-12H,13H2,1-3H3,(H,28,29). The molecule has 0 aliphatic heterocycles. The molecule has 1 aromatic carbocycles. The van der Waals surface area contributed by atoms with Gasteiger partial charge in [0.15, 0.2) is 5.82 Å². The molecule has 0 radical (unpaired) electrons. The summed E-state index contributed by atoms with van der Waals surface area (Å²) in [7, 11) is 0. The Balaban J connectivity index is 1.69. The summed E-state index contributed by atoms with van der Waals surface area (Å²) in [6.07, 6.45) is 1.94. The van der Waals surface area contributed by atoms with Crippen LogP contribution in [0.4, 0.5) is 5.69 Å². The van der Waals surface area contributed by atoms with E-state index in [0.29, 0.717) is 0 Å². The topological polar surface area (TPSA) is 84.1 Å². The Labute approximate surface area is 178 Å². The van der Waals surface area contributed by atoms with Gasteiger partial charge in [-0.25, -0.2) is 0 Å². The summed E-state index contributed by atoms with van der Waals surface area (Å²) in [6.45, 7) is 5.64. The number of carboxylic acid groups (broad SMARTS) is 1. The van der Waals surface area contributed by atoms with Crippen LogP contribution < -0.4 is 4.31 Å². The molecule has 30 heavy (non-hydrogen) atoms. The van der Waals surface area contributed by atoms with Crippen molar-refractivity contribution in [2.45, 2.75) is 25.7 Å². The van der Waals surface area contributed by atoms with Crippen molar-refractivity contribution in [2.75, 3.05) is 10.8 Å². The van der Waals surface area contributed by atoms with Crippen molar-refractivity contribution in [3.8, 4) is 5.82 Å². The first-order valence-corrected chi connectivity index (χ1v) is 10.2. The number of nitrogens with zero attached hydrogens (tertiary/aromatic N) is 5. The van der Waals surface area contributed by atoms with Gasteiger partial charge in [-0.05, 0) is 81.3 Å². The van der Waals surface area contributed by atoms with Crippen LogP contribution in [0, 0.1) is 20.8 Å². The number of anilines is 1. The molecule has 152 valence electrons. The lowest BCUT2D eigenvalue weighted by Crippen LogP contribution is -2.22. The summed E-state index contributed by atoms with van der Waals surface area (Å²) in [4.78, 5) is 16.8. The van der Waals surface area contributed by atoms with E-state index < -0.39 is 5.97 Å². The molecule has 0 amide bonds. The van der Waals surface area contributed by atoms with Crippen molar-refractivity contribution >= 4 is 34.5 Å². The summed E-state index contributed by atoms with van der Waals surface area (Å²) in [5.74, 6) is -0.152. The second kappa shape index (κ2) is 8.16. The van der Waals surface area contributed by atoms with Crippen molar-refractivity contribution in [1.29, 1.82) is 0 Å². The highest BCUT2D eigenvalue weighted by molar-refractivity contribution is 8.00. The van der Waals surface area contributed by atoms with Gasteiger partial charge >= 0.3 is 5.97 Å². The van der Waals surface area contributed by atoms with Crippen LogP contribution in [0.1, 0.15) is 17.1 Å². The van der Waals surface area contributed by atoms with E-state index >= 15 is 0 Å². The maximum absolute atomic E-state index is 11.5. The third kappa shape index (κ3) is 4.28. The molecule has 1 N–H and O–H groups in total. The van der Waals surface area contributed by atoms with Crippen LogP contribution in [0.5, 0.6) is 0 Å². The number of rotatable bonds is 6. The first kappa shape index (κ1) is 19.9. The summed E-state index contributed by atoms with van der Waals surface area (Å²) >= 11 is 1.40. The Kier molecular flexibility index (Phi) is 5.41. The smallest absolute Gasteiger partial charge is 0.324 e. The molecule has 4 rings (SSSR count). The van der Waals surface area contributed by atoms with Crippen LogP contribution in [0.25, 0.3) is 16.7 Å². The molecular weight excluding hydrogens is 398 g/mol. The number of benzene rings is 1. The maximum atomic E-state index is 11.5. The first-order chi connectivity index (χ1) is 14.4. The Morgan fingerprint density at radius 3 is 2.43 bits per heavy atom. The van der Waals surface area contributed by atoms with Gasteiger partial charge in [0, 0.05) is 33.6 Å². The van der Waals surface area contributed by atoms with Crippen LogP contribution in [-0.2, 0) is 4.79 Å². The second-order valence-corrected chi connectivity index (χ2v) is 8.16. The summed E-state index contributed by atoms with van der Waals surface area (Å²) in [6, 6.07) is 15.6. The monoisotopic (exact) mass is 419 g/mol. The number of aromatic nitrogens is 4. The number of carbonyl (C=O) groups is 1. The first-order valence-electron chi connectivity index (χ1n) is 9.43. The van der Waals surface area contributed by atoms with Gasteiger partial charge < -0.3 is 9.41 Å². The van der Waals surface area contributed by atoms with Crippen LogP contribution in [-0.4, -0.2) is 37.4 Å². The van der Waals surface area contributed by atoms with E-state index in [1.807, 2.05) is 80.1 Å². The molecule has 0 atom stereocenters. The fourth-order valence-electron chi connectivity index (χ4n) is 3.28. The van der Waals surface area contributed by atoms with Crippen LogP contribution in [0.2, 0.25) is 0 Å². The van der Waals surface area contributed by atoms with Gasteiger partial charge in [-0.2, -0.15) is 5.10 Å². The SMILES string of the molecule is Cc1ccc(-n2ccc3cc(N(CC(=O)O)Sc4cc(C)nc(C)c4)ccc32)nn1. The highest BCUT2D eigenvalue weighted by atomic mass is 32.2. The molecular formula is C22H21N5O2S. The summed E-state index contributed by atoms with van der Waals surface area (Å²) in [5, 5.41) is 18.8. The largest absolute Gasteiger partial charge is 0.480 e. The van der Waals surface area contributed by atoms with E-state index in [0.717, 1.165) is 44.4 Å². The highest BCUT2D eigenvalue weighted by Crippen LogP contribution is 2.32. The minimum Gasteiger partial charge on any atom is -0.480 e. The predicted molar refractivity (Wildman–Crippen MR) is 118 cm³/mol. The Morgan fingerprint density at radius 2 is 1.77 bits per heavy atom. The third-order valence-electron chi connectivity index (χ3n) is 4.54. The van der Waals surface area contributed by atoms with Crippen molar-refractivity contribution < 1.29 is 9.90 Å². The molecule has 4 aromatic rings. The minimum atomic E-state index is -0.891. The van der Waals surface area contributed by atoms with Crippen LogP contribution in [0.3, 0.4) is 0 Å². The number of hydrogen-bond acceptors (Lipinski definition) is 6. The van der Waals surface area contributed by atoms with Gasteiger partial charge in [0.2, 0.25) is 0 Å². The Bertz CT molecular complexity index is 1200. The number of aryl methyl sites for hydroxylation is 3. The molecule has 0 saturated heterocycles. The van der Waals surface area contributed by atoms with Crippen LogP contribution in [0.15, 0.2) is 59.6 Å². The van der Waals surface area contributed by atoms with Crippen molar-refractivity contribution in [2.24, 2.45) is 0 Å². The van der Waals surface area contributed by atoms with Crippen molar-refractivity contribution in [3.05, 3.63) is 71.8 Å². The normalized spacial score (nSPS) is 11.0. The fraction of sp³-hybridized carbons (Fsp3) is 0.182. The second-order valence-electron chi connectivity index (χ2n) is 7.07. The predicted octanol–water partition coefficient (Wildman–Crippen LogP) is 4.34. The van der Waals surface area contributed by atoms with Crippen LogP contribution >= 0.6 is 11.9 Å². The quantitative estimate of drug-likeness (QED) is 0.465. The van der Waals surface area contributed by atoms with Gasteiger partial charge in [-0.3, -0.25) is 14.3 Å². The molecule has 0 spiro atoms. The fourth-order valence-corrected chi connectivity index (χ4v) is 4.38. The van der Waals surface area contributed by atoms with Gasteiger partial charge in [0.05, 0.1) is 11.2 Å². The average molecular weight is 420 g/mol. The summed E-state index contributed by atoms with van der Waals surface area (Å²) in [5.41, 5.74) is 4.46. The molecule has 0 aliphatic rings. The molecule has 3 aromatic heterocycles. The molecule has 7 nitrogen and oxygen atoms in total. The maximum Gasteiger partial charge on any atom is 0.324 e. The lowest BCUT2D eigenvalue weighted by atomic mass is 10.2. The van der Waals surface area contributed by atoms with Gasteiger partial charge in [0.25, 0.3) is 0 Å². The van der Waals surface area contributed by atoms with E-state index in [1.165, 1.54) is 11.9 Å². The van der Waals surface area contributed by atoms with Gasteiger partial charge in [0.1, 0.15) is 6.54 Å². The van der Waals surface area contributed by atoms with E-state index in [-0.39, 0.29) is 6.54 Å². The lowest BCUT2D eigenvalue weighted by molar-refractivity contribution is -0.135. The van der Waals surface area contributed by atoms with Gasteiger partial charge in [-0.15, -0.1) is 5.10 Å². The zero-order valence-corrected chi connectivity index (χ0v) is 17.7. The molecule has 0 saturated carbocycles. The zero-order valence-electron chi connectivity index (χ0n) is 16.9. The minimum absolute atomic E-state index is 0.124. The van der Waals surface area contributed by atoms with E-state index in [2.05, 4.69) is 15.2 Å². The Hall–Kier alpha value is -3.39. The Morgan fingerprint density at radius 1 is 1.00 bits per heavy atom. The molecule has 0 bridgehead atoms. The molecule has 0 unspecified atom stereocenters. The number of hydrogen-bond donors (Lipinski definition) is 1. The average Bonchev–Trinajstić information content (AvgIpc) is 3.10. The number of pyridine rings is 1. The molecule has 0 fully saturated rings. The zero-order chi connectivity index (χ0) is 21.3. The lowest BCUT2D eigenvalue weighted by Gasteiger charge is -2.22. The number of fused-ring (bicyclic) bond motifs is 1. The highest BCUT2D eigenvalue weighted by Gasteiger charge is 2.15. The van der Waals surface area contributed by atoms with E-state index in [4.69, 9.17) is 0 Å². The molecule has 8 heteroatoms. The number of carboxylic acids is 1. The molecule has 3 heterocycles. The van der Waals surface area contributed by atoms with E-state index in [9.17, 15) is 9.90 Å². The number of aliphatic carboxylic acids is 1. The summed E-state index contributed by atoms with van der Waals surface area (Å²) < 4.78 is 3.74. The third-order valence-corrected chi connectivity index (χ3v) is 5.55. The van der Waals surface area contributed by atoms with Gasteiger partial charge in [-0.1, -0.05) is 0 Å². The van der Waals surface area contributed by atoms with E-state index in [1.54, 1.807) is 4.31 Å². The van der Waals surface area contributed by atoms with Crippen molar-refractivity contribution in [3.63, 3.8) is 0 Å². The van der Waals surface area contributed by atoms with Crippen molar-refractivity contribution in [1.82, 2.24) is 19.7 Å².